The van der Waals surface area contributed by atoms with Crippen LogP contribution in [0.5, 0.6) is 0 Å². The fourth-order valence-corrected chi connectivity index (χ4v) is 3.18. The molecule has 0 radical (unpaired) electrons. The second-order valence-electron chi connectivity index (χ2n) is 6.70. The van der Waals surface area contributed by atoms with Crippen molar-refractivity contribution in [1.29, 1.82) is 0 Å². The molecular weight excluding hydrogens is 276 g/mol. The van der Waals surface area contributed by atoms with Gasteiger partial charge in [-0.15, -0.1) is 0 Å². The maximum Gasteiger partial charge on any atom is 0.255 e. The van der Waals surface area contributed by atoms with E-state index in [9.17, 15) is 4.79 Å². The van der Waals surface area contributed by atoms with Crippen molar-refractivity contribution in [2.75, 3.05) is 51.2 Å². The van der Waals surface area contributed by atoms with E-state index in [1.54, 1.807) is 6.20 Å². The van der Waals surface area contributed by atoms with Gasteiger partial charge in [0.2, 0.25) is 0 Å². The zero-order valence-electron chi connectivity index (χ0n) is 13.7. The zero-order chi connectivity index (χ0) is 15.5. The molecule has 3 rings (SSSR count). The van der Waals surface area contributed by atoms with E-state index in [0.29, 0.717) is 0 Å². The minimum atomic E-state index is 0.118. The Hall–Kier alpha value is -1.62. The number of piperazine rings is 1. The smallest absolute Gasteiger partial charge is 0.255 e. The third-order valence-electron chi connectivity index (χ3n) is 4.91. The fraction of sp³-hybridized carbons (Fsp3) is 0.647. The first-order valence-corrected chi connectivity index (χ1v) is 8.31. The minimum absolute atomic E-state index is 0.118. The van der Waals surface area contributed by atoms with E-state index in [4.69, 9.17) is 0 Å². The molecule has 0 atom stereocenters. The van der Waals surface area contributed by atoms with Crippen LogP contribution < -0.4 is 4.90 Å². The number of aromatic nitrogens is 1. The van der Waals surface area contributed by atoms with Crippen molar-refractivity contribution < 1.29 is 4.79 Å². The Kier molecular flexibility index (Phi) is 4.62. The van der Waals surface area contributed by atoms with Gasteiger partial charge in [-0.3, -0.25) is 9.78 Å². The standard InChI is InChI=1S/C17H26N4O/c1-14-3-5-20(6-4-14)16-11-15(12-18-13-16)17(22)21-9-7-19(2)8-10-21/h11-14H,3-10H2,1-2H3. The number of carbonyl (C=O) groups excluding carboxylic acids is 1. The summed E-state index contributed by atoms with van der Waals surface area (Å²) in [5.74, 6) is 0.923. The van der Waals surface area contributed by atoms with Gasteiger partial charge in [0, 0.05) is 45.5 Å². The quantitative estimate of drug-likeness (QED) is 0.834. The predicted octanol–water partition coefficient (Wildman–Crippen LogP) is 1.71. The molecule has 0 aromatic carbocycles. The number of pyridine rings is 1. The van der Waals surface area contributed by atoms with Gasteiger partial charge in [-0.2, -0.15) is 0 Å². The highest BCUT2D eigenvalue weighted by molar-refractivity contribution is 5.94. The Balaban J connectivity index is 1.69. The Morgan fingerprint density at radius 1 is 1.09 bits per heavy atom. The van der Waals surface area contributed by atoms with E-state index in [1.807, 2.05) is 17.2 Å². The summed E-state index contributed by atoms with van der Waals surface area (Å²) in [4.78, 5) is 23.5. The predicted molar refractivity (Wildman–Crippen MR) is 88.2 cm³/mol. The molecule has 0 saturated carbocycles. The highest BCUT2D eigenvalue weighted by Gasteiger charge is 2.22. The van der Waals surface area contributed by atoms with Gasteiger partial charge in [0.05, 0.1) is 17.4 Å². The van der Waals surface area contributed by atoms with Crippen molar-refractivity contribution in [3.05, 3.63) is 24.0 Å². The van der Waals surface area contributed by atoms with E-state index in [-0.39, 0.29) is 5.91 Å². The monoisotopic (exact) mass is 302 g/mol. The minimum Gasteiger partial charge on any atom is -0.370 e. The lowest BCUT2D eigenvalue weighted by atomic mass is 9.99. The van der Waals surface area contributed by atoms with Crippen LogP contribution in [0.15, 0.2) is 18.5 Å². The van der Waals surface area contributed by atoms with Crippen molar-refractivity contribution in [3.8, 4) is 0 Å². The highest BCUT2D eigenvalue weighted by atomic mass is 16.2. The van der Waals surface area contributed by atoms with E-state index in [2.05, 4.69) is 28.8 Å². The number of likely N-dealkylation sites (N-methyl/N-ethyl adjacent to an activating group) is 1. The maximum absolute atomic E-state index is 12.6. The molecule has 0 unspecified atom stereocenters. The van der Waals surface area contributed by atoms with Crippen molar-refractivity contribution in [2.45, 2.75) is 19.8 Å². The third-order valence-corrected chi connectivity index (χ3v) is 4.91. The lowest BCUT2D eigenvalue weighted by molar-refractivity contribution is 0.0663. The summed E-state index contributed by atoms with van der Waals surface area (Å²) in [6.07, 6.45) is 6.03. The summed E-state index contributed by atoms with van der Waals surface area (Å²) < 4.78 is 0. The SMILES string of the molecule is CC1CCN(c2cncc(C(=O)N3CCN(C)CC3)c2)CC1. The molecule has 120 valence electrons. The van der Waals surface area contributed by atoms with Gasteiger partial charge in [0.25, 0.3) is 5.91 Å². The summed E-state index contributed by atoms with van der Waals surface area (Å²) in [5, 5.41) is 0. The van der Waals surface area contributed by atoms with E-state index in [0.717, 1.165) is 56.4 Å². The molecule has 2 saturated heterocycles. The first-order valence-electron chi connectivity index (χ1n) is 8.31. The Morgan fingerprint density at radius 3 is 2.45 bits per heavy atom. The molecule has 1 aromatic heterocycles. The van der Waals surface area contributed by atoms with Gasteiger partial charge >= 0.3 is 0 Å². The van der Waals surface area contributed by atoms with E-state index in [1.165, 1.54) is 12.8 Å². The topological polar surface area (TPSA) is 39.7 Å². The molecule has 2 aliphatic heterocycles. The van der Waals surface area contributed by atoms with Crippen molar-refractivity contribution in [3.63, 3.8) is 0 Å². The van der Waals surface area contributed by atoms with Gasteiger partial charge < -0.3 is 14.7 Å². The van der Waals surface area contributed by atoms with E-state index < -0.39 is 0 Å². The summed E-state index contributed by atoms with van der Waals surface area (Å²) in [6.45, 7) is 7.94. The first-order chi connectivity index (χ1) is 10.6. The van der Waals surface area contributed by atoms with Crippen LogP contribution in [0.4, 0.5) is 5.69 Å². The molecule has 0 N–H and O–H groups in total. The van der Waals surface area contributed by atoms with Crippen LogP contribution in [0.3, 0.4) is 0 Å². The summed E-state index contributed by atoms with van der Waals surface area (Å²) in [7, 11) is 2.10. The largest absolute Gasteiger partial charge is 0.370 e. The zero-order valence-corrected chi connectivity index (χ0v) is 13.7. The number of anilines is 1. The van der Waals surface area contributed by atoms with Crippen LogP contribution in [0.1, 0.15) is 30.1 Å². The number of piperidine rings is 1. The number of hydrogen-bond donors (Lipinski definition) is 0. The molecule has 0 aliphatic carbocycles. The lowest BCUT2D eigenvalue weighted by Crippen LogP contribution is -2.47. The van der Waals surface area contributed by atoms with Crippen LogP contribution >= 0.6 is 0 Å². The fourth-order valence-electron chi connectivity index (χ4n) is 3.18. The molecule has 5 heteroatoms. The molecule has 5 nitrogen and oxygen atoms in total. The summed E-state index contributed by atoms with van der Waals surface area (Å²) in [5.41, 5.74) is 1.81. The van der Waals surface area contributed by atoms with E-state index >= 15 is 0 Å². The summed E-state index contributed by atoms with van der Waals surface area (Å²) in [6, 6.07) is 2.02. The molecule has 2 fully saturated rings. The summed E-state index contributed by atoms with van der Waals surface area (Å²) >= 11 is 0. The molecule has 2 aliphatic rings. The Morgan fingerprint density at radius 2 is 1.77 bits per heavy atom. The normalized spacial score (nSPS) is 21.2. The van der Waals surface area contributed by atoms with Crippen molar-refractivity contribution >= 4 is 11.6 Å². The number of rotatable bonds is 2. The van der Waals surface area contributed by atoms with Gasteiger partial charge in [-0.25, -0.2) is 0 Å². The Labute approximate surface area is 132 Å². The molecule has 3 heterocycles. The average Bonchev–Trinajstić information content (AvgIpc) is 2.56. The molecule has 22 heavy (non-hydrogen) atoms. The second kappa shape index (κ2) is 6.65. The molecular formula is C17H26N4O. The van der Waals surface area contributed by atoms with Gasteiger partial charge in [-0.1, -0.05) is 6.92 Å². The maximum atomic E-state index is 12.6. The first kappa shape index (κ1) is 15.3. The van der Waals surface area contributed by atoms with Crippen LogP contribution in [0, 0.1) is 5.92 Å². The van der Waals surface area contributed by atoms with Crippen LogP contribution in [0.2, 0.25) is 0 Å². The lowest BCUT2D eigenvalue weighted by Gasteiger charge is -2.33. The highest BCUT2D eigenvalue weighted by Crippen LogP contribution is 2.23. The second-order valence-corrected chi connectivity index (χ2v) is 6.70. The van der Waals surface area contributed by atoms with Crippen LogP contribution in [-0.2, 0) is 0 Å². The number of hydrogen-bond acceptors (Lipinski definition) is 4. The van der Waals surface area contributed by atoms with Crippen molar-refractivity contribution in [1.82, 2.24) is 14.8 Å². The third kappa shape index (κ3) is 3.40. The Bertz CT molecular complexity index is 517. The number of amides is 1. The van der Waals surface area contributed by atoms with Crippen LogP contribution in [-0.4, -0.2) is 67.0 Å². The molecule has 1 amide bonds. The molecule has 0 bridgehead atoms. The van der Waals surface area contributed by atoms with Gasteiger partial charge in [0.15, 0.2) is 0 Å². The van der Waals surface area contributed by atoms with Gasteiger partial charge in [-0.05, 0) is 31.9 Å². The van der Waals surface area contributed by atoms with Crippen LogP contribution in [0.25, 0.3) is 0 Å². The molecule has 0 spiro atoms. The number of nitrogens with zero attached hydrogens (tertiary/aromatic N) is 4. The van der Waals surface area contributed by atoms with Gasteiger partial charge in [0.1, 0.15) is 0 Å². The average molecular weight is 302 g/mol. The van der Waals surface area contributed by atoms with Crippen molar-refractivity contribution in [2.24, 2.45) is 5.92 Å². The molecule has 1 aromatic rings. The number of carbonyl (C=O) groups is 1.